The molecule has 1 heterocycles. The molecule has 6 heteroatoms. The number of aliphatic imine (C=N–C) groups is 2. The van der Waals surface area contributed by atoms with Gasteiger partial charge in [-0.25, -0.2) is 4.99 Å². The average molecular weight is 410 g/mol. The molecule has 1 aliphatic heterocycles. The molecule has 0 aromatic rings. The van der Waals surface area contributed by atoms with Crippen LogP contribution in [0.5, 0.6) is 0 Å². The van der Waals surface area contributed by atoms with Crippen molar-refractivity contribution in [2.45, 2.75) is 78.1 Å². The van der Waals surface area contributed by atoms with Crippen LogP contribution in [0.1, 0.15) is 60.3 Å². The number of amidine groups is 1. The zero-order valence-corrected chi connectivity index (χ0v) is 19.3. The first-order valence-corrected chi connectivity index (χ1v) is 12.8. The van der Waals surface area contributed by atoms with E-state index in [0.717, 1.165) is 37.2 Å². The largest absolute Gasteiger partial charge is 0.382 e. The van der Waals surface area contributed by atoms with Gasteiger partial charge in [0.25, 0.3) is 0 Å². The summed E-state index contributed by atoms with van der Waals surface area (Å²) in [6.45, 7) is 14.4. The van der Waals surface area contributed by atoms with Crippen molar-refractivity contribution in [2.24, 2.45) is 21.6 Å². The lowest BCUT2D eigenvalue weighted by atomic mass is 9.93. The van der Waals surface area contributed by atoms with Crippen LogP contribution in [0.15, 0.2) is 34.5 Å². The van der Waals surface area contributed by atoms with E-state index in [1.165, 1.54) is 11.8 Å². The lowest BCUT2D eigenvalue weighted by Gasteiger charge is -2.34. The van der Waals surface area contributed by atoms with Crippen molar-refractivity contribution in [3.05, 3.63) is 24.6 Å². The molecule has 2 N–H and O–H groups in total. The van der Waals surface area contributed by atoms with E-state index in [0.29, 0.717) is 17.5 Å². The Morgan fingerprint density at radius 2 is 2.04 bits per heavy atom. The quantitative estimate of drug-likeness (QED) is 0.409. The smallest absolute Gasteiger partial charge is 0.144 e. The van der Waals surface area contributed by atoms with Crippen LogP contribution in [0.2, 0.25) is 0 Å². The van der Waals surface area contributed by atoms with Crippen molar-refractivity contribution >= 4 is 21.9 Å². The lowest BCUT2D eigenvalue weighted by Crippen LogP contribution is -2.23. The minimum atomic E-state index is -0.962. The number of hydrogen-bond acceptors (Lipinski definition) is 4. The van der Waals surface area contributed by atoms with Gasteiger partial charge in [0.15, 0.2) is 0 Å². The van der Waals surface area contributed by atoms with E-state index in [4.69, 9.17) is 14.7 Å². The van der Waals surface area contributed by atoms with Gasteiger partial charge in [-0.15, -0.1) is 10.3 Å². The van der Waals surface area contributed by atoms with Gasteiger partial charge in [-0.2, -0.15) is 0 Å². The predicted octanol–water partition coefficient (Wildman–Crippen LogP) is 4.97. The molecule has 1 spiro atoms. The van der Waals surface area contributed by atoms with Gasteiger partial charge in [-0.3, -0.25) is 4.99 Å². The summed E-state index contributed by atoms with van der Waals surface area (Å²) >= 11 is 0. The monoisotopic (exact) mass is 409 g/mol. The summed E-state index contributed by atoms with van der Waals surface area (Å²) in [5.74, 6) is 3.03. The molecule has 1 unspecified atom stereocenters. The van der Waals surface area contributed by atoms with E-state index in [9.17, 15) is 0 Å². The summed E-state index contributed by atoms with van der Waals surface area (Å²) in [7, 11) is -0.962. The molecule has 2 aliphatic rings. The highest BCUT2D eigenvalue weighted by Gasteiger charge is 2.62. The van der Waals surface area contributed by atoms with Gasteiger partial charge in [-0.05, 0) is 55.4 Å². The molecule has 1 aliphatic carbocycles. The molecule has 5 nitrogen and oxygen atoms in total. The van der Waals surface area contributed by atoms with Gasteiger partial charge in [0.05, 0.1) is 17.4 Å². The number of nitrogens with zero attached hydrogens (tertiary/aromatic N) is 2. The van der Waals surface area contributed by atoms with Crippen LogP contribution in [0.3, 0.4) is 0 Å². The SMILES string of the molecule is C=CN=C(N)C(C)=N/C=C(\C(C)CC)[C@H]1CC[C@]2(C[C@@H]2OS(C)(CC)CC)O1. The zero-order chi connectivity index (χ0) is 20.9. The second-order valence-electron chi connectivity index (χ2n) is 8.11. The van der Waals surface area contributed by atoms with Crippen molar-refractivity contribution in [1.29, 1.82) is 0 Å². The van der Waals surface area contributed by atoms with Gasteiger partial charge in [0.1, 0.15) is 11.9 Å². The van der Waals surface area contributed by atoms with E-state index < -0.39 is 10.3 Å². The minimum absolute atomic E-state index is 0.0715. The standard InChI is InChI=1S/C22H39N3O2S/c1-8-16(5)18(15-25-17(6)21(23)24-9-2)19-12-13-22(26-19)14-20(22)27-28(7,10-3)11-4/h9,15-16,19-20H,2,8,10-14H2,1,3-7H3,(H2,23,24)/b18-15+,25-17?/t16?,19-,20+,22-/m1/s1. The maximum absolute atomic E-state index is 6.61. The van der Waals surface area contributed by atoms with E-state index in [1.54, 1.807) is 0 Å². The van der Waals surface area contributed by atoms with Crippen molar-refractivity contribution in [2.75, 3.05) is 17.8 Å². The van der Waals surface area contributed by atoms with Crippen molar-refractivity contribution in [1.82, 2.24) is 0 Å². The highest BCUT2D eigenvalue weighted by Crippen LogP contribution is 2.59. The first-order chi connectivity index (χ1) is 13.2. The van der Waals surface area contributed by atoms with Gasteiger partial charge in [-0.1, -0.05) is 34.3 Å². The molecule has 4 atom stereocenters. The molecule has 1 saturated heterocycles. The second-order valence-corrected chi connectivity index (χ2v) is 11.8. The van der Waals surface area contributed by atoms with E-state index in [1.807, 2.05) is 13.1 Å². The third-order valence-corrected chi connectivity index (χ3v) is 9.44. The normalized spacial score (nSPS) is 30.6. The summed E-state index contributed by atoms with van der Waals surface area (Å²) in [4.78, 5) is 8.58. The van der Waals surface area contributed by atoms with Crippen LogP contribution in [-0.4, -0.2) is 47.1 Å². The Kier molecular flexibility index (Phi) is 7.94. The molecule has 0 aromatic heterocycles. The Morgan fingerprint density at radius 3 is 2.61 bits per heavy atom. The van der Waals surface area contributed by atoms with Gasteiger partial charge < -0.3 is 14.7 Å². The fourth-order valence-corrected chi connectivity index (χ4v) is 5.07. The summed E-state index contributed by atoms with van der Waals surface area (Å²) in [5.41, 5.74) is 7.78. The first kappa shape index (κ1) is 23.2. The molecule has 1 saturated carbocycles. The first-order valence-electron chi connectivity index (χ1n) is 10.5. The molecular formula is C22H39N3O2S. The van der Waals surface area contributed by atoms with E-state index in [-0.39, 0.29) is 17.8 Å². The Bertz CT molecular complexity index is 654. The van der Waals surface area contributed by atoms with E-state index >= 15 is 0 Å². The summed E-state index contributed by atoms with van der Waals surface area (Å²) in [6, 6.07) is 0. The second kappa shape index (κ2) is 9.59. The molecule has 160 valence electrons. The molecule has 2 fully saturated rings. The number of hydrogen-bond donors (Lipinski definition) is 1. The fourth-order valence-electron chi connectivity index (χ4n) is 3.59. The van der Waals surface area contributed by atoms with Crippen LogP contribution in [0.25, 0.3) is 0 Å². The Hall–Kier alpha value is -1.11. The van der Waals surface area contributed by atoms with Crippen molar-refractivity contribution in [3.63, 3.8) is 0 Å². The molecule has 0 bridgehead atoms. The lowest BCUT2D eigenvalue weighted by molar-refractivity contribution is 0.0185. The number of ether oxygens (including phenoxy) is 1. The third-order valence-electron chi connectivity index (χ3n) is 6.30. The van der Waals surface area contributed by atoms with Gasteiger partial charge in [0, 0.05) is 18.8 Å². The molecular weight excluding hydrogens is 370 g/mol. The van der Waals surface area contributed by atoms with Gasteiger partial charge >= 0.3 is 0 Å². The maximum Gasteiger partial charge on any atom is 0.144 e. The van der Waals surface area contributed by atoms with Crippen LogP contribution in [-0.2, 0) is 8.92 Å². The van der Waals surface area contributed by atoms with Crippen LogP contribution in [0, 0.1) is 5.92 Å². The van der Waals surface area contributed by atoms with Crippen LogP contribution < -0.4 is 5.73 Å². The zero-order valence-electron chi connectivity index (χ0n) is 18.5. The highest BCUT2D eigenvalue weighted by molar-refractivity contribution is 8.29. The molecule has 0 aromatic carbocycles. The summed E-state index contributed by atoms with van der Waals surface area (Å²) < 4.78 is 13.1. The number of nitrogens with two attached hydrogens (primary N) is 1. The Labute approximate surface area is 173 Å². The Morgan fingerprint density at radius 1 is 1.36 bits per heavy atom. The predicted molar refractivity (Wildman–Crippen MR) is 123 cm³/mol. The minimum Gasteiger partial charge on any atom is -0.382 e. The topological polar surface area (TPSA) is 69.2 Å². The fraction of sp³-hybridized carbons (Fsp3) is 0.727. The summed E-state index contributed by atoms with van der Waals surface area (Å²) in [5, 5.41) is 0. The van der Waals surface area contributed by atoms with Crippen molar-refractivity contribution < 1.29 is 8.92 Å². The third kappa shape index (κ3) is 5.28. The summed E-state index contributed by atoms with van der Waals surface area (Å²) in [6.07, 6.45) is 10.2. The maximum atomic E-state index is 6.61. The average Bonchev–Trinajstić information content (AvgIpc) is 3.16. The van der Waals surface area contributed by atoms with Crippen LogP contribution >= 0.6 is 10.3 Å². The highest BCUT2D eigenvalue weighted by atomic mass is 32.3. The Balaban J connectivity index is 2.11. The molecule has 0 amide bonds. The van der Waals surface area contributed by atoms with Gasteiger partial charge in [0.2, 0.25) is 0 Å². The molecule has 0 radical (unpaired) electrons. The van der Waals surface area contributed by atoms with E-state index in [2.05, 4.69) is 50.5 Å². The number of rotatable bonds is 10. The van der Waals surface area contributed by atoms with Crippen LogP contribution in [0.4, 0.5) is 0 Å². The molecule has 28 heavy (non-hydrogen) atoms. The van der Waals surface area contributed by atoms with Crippen molar-refractivity contribution in [3.8, 4) is 0 Å². The molecule has 2 rings (SSSR count).